The summed E-state index contributed by atoms with van der Waals surface area (Å²) in [6, 6.07) is 0. The molecule has 200 valence electrons. The third-order valence-electron chi connectivity index (χ3n) is 4.68. The molecule has 2 aliphatic heterocycles. The Balaban J connectivity index is -0.000000500. The van der Waals surface area contributed by atoms with Crippen LogP contribution in [-0.4, -0.2) is 117 Å². The molecule has 2 saturated heterocycles. The van der Waals surface area contributed by atoms with E-state index in [0.29, 0.717) is 6.42 Å². The minimum atomic E-state index is -1.40. The fraction of sp³-hybridized carbons (Fsp3) is 0.818. The van der Waals surface area contributed by atoms with Gasteiger partial charge in [0.25, 0.3) is 0 Å². The van der Waals surface area contributed by atoms with E-state index in [1.165, 1.54) is 12.2 Å². The maximum atomic E-state index is 9.55. The molecule has 7 N–H and O–H groups in total. The Bertz CT molecular complexity index is 459. The van der Waals surface area contributed by atoms with Crippen molar-refractivity contribution >= 4 is 0 Å². The van der Waals surface area contributed by atoms with Crippen LogP contribution in [-0.2, 0) is 18.9 Å². The normalized spacial score (nSPS) is 37.7. The van der Waals surface area contributed by atoms with E-state index in [1.807, 2.05) is 6.92 Å². The Morgan fingerprint density at radius 2 is 1.03 bits per heavy atom. The van der Waals surface area contributed by atoms with E-state index in [1.54, 1.807) is 0 Å². The molecule has 2 heterocycles. The second-order valence-electron chi connectivity index (χ2n) is 6.86. The van der Waals surface area contributed by atoms with Crippen LogP contribution in [0.2, 0.25) is 0 Å². The lowest BCUT2D eigenvalue weighted by molar-refractivity contribution is -0.298. The third-order valence-corrected chi connectivity index (χ3v) is 4.68. The summed E-state index contributed by atoms with van der Waals surface area (Å²) >= 11 is 0. The van der Waals surface area contributed by atoms with Crippen molar-refractivity contribution < 1.29 is 54.7 Å². The summed E-state index contributed by atoms with van der Waals surface area (Å²) in [6.07, 6.45) is -7.55. The highest BCUT2D eigenvalue weighted by molar-refractivity contribution is 4.90. The zero-order valence-corrected chi connectivity index (χ0v) is 16.9. The van der Waals surface area contributed by atoms with Gasteiger partial charge in [0.2, 0.25) is 0 Å². The molecule has 0 saturated carbocycles. The Labute approximate surface area is 197 Å². The highest BCUT2D eigenvalue weighted by Gasteiger charge is 2.44. The monoisotopic (exact) mass is 486 g/mol. The molecule has 0 radical (unpaired) electrons. The summed E-state index contributed by atoms with van der Waals surface area (Å²) in [7, 11) is 0. The molecular formula is C22H46O11. The molecule has 33 heavy (non-hydrogen) atoms. The van der Waals surface area contributed by atoms with Gasteiger partial charge in [-0.15, -0.1) is 13.2 Å². The van der Waals surface area contributed by atoms with Crippen LogP contribution in [0, 0.1) is 0 Å². The summed E-state index contributed by atoms with van der Waals surface area (Å²) in [6.45, 7) is 8.62. The quantitative estimate of drug-likeness (QED) is 0.216. The highest BCUT2D eigenvalue weighted by atomic mass is 16.7. The van der Waals surface area contributed by atoms with Crippen LogP contribution < -0.4 is 0 Å². The topological polar surface area (TPSA) is 179 Å². The Morgan fingerprint density at radius 1 is 0.667 bits per heavy atom. The van der Waals surface area contributed by atoms with Crippen molar-refractivity contribution in [1.82, 2.24) is 0 Å². The van der Waals surface area contributed by atoms with Crippen molar-refractivity contribution in [3.05, 3.63) is 25.3 Å². The van der Waals surface area contributed by atoms with Gasteiger partial charge in [-0.05, 0) is 6.42 Å². The lowest BCUT2D eigenvalue weighted by Crippen LogP contribution is -2.59. The van der Waals surface area contributed by atoms with E-state index in [2.05, 4.69) is 13.2 Å². The van der Waals surface area contributed by atoms with Gasteiger partial charge in [0.05, 0.1) is 25.9 Å². The molecule has 0 bridgehead atoms. The van der Waals surface area contributed by atoms with E-state index in [0.717, 1.165) is 0 Å². The first-order valence-corrected chi connectivity index (χ1v) is 9.68. The summed E-state index contributed by atoms with van der Waals surface area (Å²) < 4.78 is 20.5. The fourth-order valence-electron chi connectivity index (χ4n) is 2.92. The molecule has 0 aliphatic carbocycles. The minimum absolute atomic E-state index is 0. The summed E-state index contributed by atoms with van der Waals surface area (Å²) in [5, 5.41) is 65.8. The van der Waals surface area contributed by atoms with Crippen LogP contribution in [0.1, 0.15) is 35.6 Å². The largest absolute Gasteiger partial charge is 0.394 e. The molecule has 2 fully saturated rings. The summed E-state index contributed by atoms with van der Waals surface area (Å²) in [5.41, 5.74) is 0. The SMILES string of the molecule is C.C.C.C=CCOC1OC(CC)C(O)C(O)C1O.C=CCOC1OC(CO)C(O)C(O)C1O. The number of ether oxygens (including phenoxy) is 4. The fourth-order valence-corrected chi connectivity index (χ4v) is 2.92. The zero-order valence-electron chi connectivity index (χ0n) is 16.9. The smallest absolute Gasteiger partial charge is 0.187 e. The van der Waals surface area contributed by atoms with E-state index in [9.17, 15) is 30.6 Å². The van der Waals surface area contributed by atoms with Crippen molar-refractivity contribution in [1.29, 1.82) is 0 Å². The number of rotatable bonds is 8. The van der Waals surface area contributed by atoms with E-state index in [-0.39, 0.29) is 35.5 Å². The first-order valence-electron chi connectivity index (χ1n) is 9.68. The molecule has 11 nitrogen and oxygen atoms in total. The van der Waals surface area contributed by atoms with E-state index >= 15 is 0 Å². The molecule has 0 aromatic carbocycles. The maximum Gasteiger partial charge on any atom is 0.187 e. The van der Waals surface area contributed by atoms with Crippen LogP contribution in [0.25, 0.3) is 0 Å². The minimum Gasteiger partial charge on any atom is -0.394 e. The van der Waals surface area contributed by atoms with Crippen molar-refractivity contribution in [3.63, 3.8) is 0 Å². The molecule has 0 amide bonds. The van der Waals surface area contributed by atoms with Gasteiger partial charge < -0.3 is 54.7 Å². The van der Waals surface area contributed by atoms with Gasteiger partial charge in [0.15, 0.2) is 12.6 Å². The average molecular weight is 487 g/mol. The first kappa shape index (κ1) is 36.6. The van der Waals surface area contributed by atoms with Gasteiger partial charge >= 0.3 is 0 Å². The number of aliphatic hydroxyl groups is 7. The molecule has 10 atom stereocenters. The lowest BCUT2D eigenvalue weighted by Gasteiger charge is -2.39. The Kier molecular flexibility index (Phi) is 20.4. The summed E-state index contributed by atoms with van der Waals surface area (Å²) in [5.74, 6) is 0. The van der Waals surface area contributed by atoms with Crippen LogP contribution >= 0.6 is 0 Å². The number of hydrogen-bond acceptors (Lipinski definition) is 11. The first-order chi connectivity index (χ1) is 14.2. The van der Waals surface area contributed by atoms with Crippen molar-refractivity contribution in [2.45, 2.75) is 97.0 Å². The Morgan fingerprint density at radius 3 is 1.36 bits per heavy atom. The Hall–Kier alpha value is -0.960. The average Bonchev–Trinajstić information content (AvgIpc) is 2.75. The molecule has 10 unspecified atom stereocenters. The van der Waals surface area contributed by atoms with Gasteiger partial charge in [0, 0.05) is 0 Å². The van der Waals surface area contributed by atoms with Crippen LogP contribution in [0.4, 0.5) is 0 Å². The molecular weight excluding hydrogens is 440 g/mol. The number of aliphatic hydroxyl groups excluding tert-OH is 7. The van der Waals surface area contributed by atoms with E-state index < -0.39 is 68.0 Å². The predicted octanol–water partition coefficient (Wildman–Crippen LogP) is -0.696. The van der Waals surface area contributed by atoms with Gasteiger partial charge in [-0.3, -0.25) is 0 Å². The third kappa shape index (κ3) is 10.0. The van der Waals surface area contributed by atoms with Crippen molar-refractivity contribution in [2.75, 3.05) is 19.8 Å². The molecule has 11 heteroatoms. The predicted molar refractivity (Wildman–Crippen MR) is 123 cm³/mol. The standard InChI is InChI=1S/C10H18O5.C9H16O6.3CH4/c1-3-5-14-10-9(13)8(12)7(11)6(4-2)15-10;1-2-3-14-9-8(13)7(12)6(11)5(4-10)15-9;;;/h3,6-13H,1,4-5H2,2H3;2,5-13H,1,3-4H2;3*1H4. The zero-order chi connectivity index (χ0) is 22.8. The van der Waals surface area contributed by atoms with Crippen molar-refractivity contribution in [2.24, 2.45) is 0 Å². The molecule has 2 rings (SSSR count). The molecule has 2 aliphatic rings. The molecule has 0 aromatic rings. The second-order valence-corrected chi connectivity index (χ2v) is 6.86. The lowest BCUT2D eigenvalue weighted by atomic mass is 9.97. The maximum absolute atomic E-state index is 9.55. The van der Waals surface area contributed by atoms with Gasteiger partial charge in [-0.25, -0.2) is 0 Å². The van der Waals surface area contributed by atoms with Gasteiger partial charge in [-0.2, -0.15) is 0 Å². The van der Waals surface area contributed by atoms with Crippen LogP contribution in [0.5, 0.6) is 0 Å². The van der Waals surface area contributed by atoms with Gasteiger partial charge in [0.1, 0.15) is 42.7 Å². The highest BCUT2D eigenvalue weighted by Crippen LogP contribution is 2.24. The molecule has 0 spiro atoms. The second kappa shape index (κ2) is 18.4. The number of hydrogen-bond donors (Lipinski definition) is 7. The summed E-state index contributed by atoms with van der Waals surface area (Å²) in [4.78, 5) is 0. The molecule has 0 aromatic heterocycles. The van der Waals surface area contributed by atoms with Crippen LogP contribution in [0.3, 0.4) is 0 Å². The van der Waals surface area contributed by atoms with E-state index in [4.69, 9.17) is 24.1 Å². The van der Waals surface area contributed by atoms with Crippen LogP contribution in [0.15, 0.2) is 25.3 Å². The van der Waals surface area contributed by atoms with Gasteiger partial charge in [-0.1, -0.05) is 41.4 Å². The van der Waals surface area contributed by atoms with Crippen molar-refractivity contribution in [3.8, 4) is 0 Å².